The van der Waals surface area contributed by atoms with Crippen molar-refractivity contribution in [1.29, 1.82) is 0 Å². The molecule has 1 aliphatic carbocycles. The molecule has 9 heteroatoms. The second kappa shape index (κ2) is 8.47. The highest BCUT2D eigenvalue weighted by Gasteiger charge is 2.23. The van der Waals surface area contributed by atoms with Crippen molar-refractivity contribution in [3.05, 3.63) is 81.2 Å². The van der Waals surface area contributed by atoms with Crippen molar-refractivity contribution < 1.29 is 9.53 Å². The Morgan fingerprint density at radius 2 is 1.88 bits per heavy atom. The zero-order valence-corrected chi connectivity index (χ0v) is 17.8. The van der Waals surface area contributed by atoms with E-state index < -0.39 is 5.56 Å². The largest absolute Gasteiger partial charge is 0.486 e. The number of para-hydroxylation sites is 1. The van der Waals surface area contributed by atoms with Gasteiger partial charge in [0.25, 0.3) is 17.2 Å². The number of aromatic amines is 1. The molecule has 1 saturated carbocycles. The summed E-state index contributed by atoms with van der Waals surface area (Å²) >= 11 is 6.28. The second-order valence-corrected chi connectivity index (χ2v) is 8.07. The summed E-state index contributed by atoms with van der Waals surface area (Å²) in [4.78, 5) is 34.1. The van der Waals surface area contributed by atoms with E-state index in [1.807, 2.05) is 30.3 Å². The van der Waals surface area contributed by atoms with Gasteiger partial charge in [0.2, 0.25) is 0 Å². The summed E-state index contributed by atoms with van der Waals surface area (Å²) in [5, 5.41) is 5.79. The van der Waals surface area contributed by atoms with Crippen molar-refractivity contribution in [2.24, 2.45) is 5.92 Å². The fourth-order valence-electron chi connectivity index (χ4n) is 3.34. The minimum Gasteiger partial charge on any atom is -0.486 e. The molecule has 1 aliphatic rings. The number of carbonyl (C=O) groups is 1. The number of H-pyrrole nitrogens is 1. The van der Waals surface area contributed by atoms with Crippen LogP contribution in [0.25, 0.3) is 17.2 Å². The van der Waals surface area contributed by atoms with Crippen molar-refractivity contribution in [1.82, 2.24) is 24.9 Å². The Morgan fingerprint density at radius 1 is 1.12 bits per heavy atom. The summed E-state index contributed by atoms with van der Waals surface area (Å²) in [7, 11) is 0. The molecule has 0 bridgehead atoms. The fraction of sp³-hybridized carbons (Fsp3) is 0.217. The van der Waals surface area contributed by atoms with Crippen LogP contribution < -0.4 is 15.6 Å². The first-order chi connectivity index (χ1) is 15.6. The average molecular weight is 450 g/mol. The van der Waals surface area contributed by atoms with Crippen LogP contribution in [-0.2, 0) is 6.61 Å². The van der Waals surface area contributed by atoms with Crippen LogP contribution in [0.4, 0.5) is 0 Å². The zero-order chi connectivity index (χ0) is 22.1. The Bertz CT molecular complexity index is 1350. The van der Waals surface area contributed by atoms with Gasteiger partial charge in [-0.3, -0.25) is 14.7 Å². The summed E-state index contributed by atoms with van der Waals surface area (Å²) < 4.78 is 7.05. The molecule has 5 rings (SSSR count). The van der Waals surface area contributed by atoms with Gasteiger partial charge < -0.3 is 10.1 Å². The molecule has 0 unspecified atom stereocenters. The lowest BCUT2D eigenvalue weighted by molar-refractivity contribution is 0.0947. The molecule has 0 atom stereocenters. The van der Waals surface area contributed by atoms with E-state index in [0.717, 1.165) is 18.4 Å². The third-order valence-electron chi connectivity index (χ3n) is 5.30. The summed E-state index contributed by atoms with van der Waals surface area (Å²) in [6.07, 6.45) is 2.31. The van der Waals surface area contributed by atoms with Crippen molar-refractivity contribution in [3.8, 4) is 17.1 Å². The summed E-state index contributed by atoms with van der Waals surface area (Å²) in [5.74, 6) is 1.46. The number of fused-ring (bicyclic) bond motifs is 1. The molecule has 4 aromatic rings. The van der Waals surface area contributed by atoms with Gasteiger partial charge in [0.1, 0.15) is 23.1 Å². The van der Waals surface area contributed by atoms with Gasteiger partial charge in [0.15, 0.2) is 5.82 Å². The van der Waals surface area contributed by atoms with E-state index in [1.165, 1.54) is 4.52 Å². The van der Waals surface area contributed by atoms with E-state index in [4.69, 9.17) is 16.3 Å². The lowest BCUT2D eigenvalue weighted by Crippen LogP contribution is -2.26. The molecule has 0 radical (unpaired) electrons. The van der Waals surface area contributed by atoms with Gasteiger partial charge in [-0.1, -0.05) is 54.1 Å². The van der Waals surface area contributed by atoms with Gasteiger partial charge in [0.05, 0.1) is 5.56 Å². The van der Waals surface area contributed by atoms with Gasteiger partial charge in [-0.2, -0.15) is 9.50 Å². The third-order valence-corrected chi connectivity index (χ3v) is 5.68. The predicted molar refractivity (Wildman–Crippen MR) is 120 cm³/mol. The molecule has 0 saturated heterocycles. The smallest absolute Gasteiger partial charge is 0.293 e. The Hall–Kier alpha value is -3.65. The number of benzene rings is 2. The standard InChI is InChI=1S/C23H20ClN5O3/c24-19-17(13-32-18-9-5-4-8-16(18)21(30)25-12-14-10-11-14)26-23-27-20(28-29(23)22(19)31)15-6-2-1-3-7-15/h1-9,14H,10-13H2,(H,25,30)(H,26,27,28). The van der Waals surface area contributed by atoms with Crippen LogP contribution in [0.3, 0.4) is 0 Å². The first-order valence-corrected chi connectivity index (χ1v) is 10.7. The minimum atomic E-state index is -0.472. The maximum absolute atomic E-state index is 12.7. The minimum absolute atomic E-state index is 0.0681. The molecule has 2 aromatic carbocycles. The quantitative estimate of drug-likeness (QED) is 0.450. The Kier molecular flexibility index (Phi) is 5.36. The normalized spacial score (nSPS) is 13.3. The van der Waals surface area contributed by atoms with Gasteiger partial charge in [-0.25, -0.2) is 4.98 Å². The van der Waals surface area contributed by atoms with E-state index in [2.05, 4.69) is 20.4 Å². The van der Waals surface area contributed by atoms with E-state index in [1.54, 1.807) is 24.3 Å². The molecule has 1 fully saturated rings. The first kappa shape index (κ1) is 20.3. The number of carbonyl (C=O) groups excluding carboxylic acids is 1. The topological polar surface area (TPSA) is 101 Å². The second-order valence-electron chi connectivity index (χ2n) is 7.69. The van der Waals surface area contributed by atoms with Crippen molar-refractivity contribution in [2.45, 2.75) is 19.4 Å². The van der Waals surface area contributed by atoms with Crippen molar-refractivity contribution in [2.75, 3.05) is 6.54 Å². The number of rotatable bonds is 7. The monoisotopic (exact) mass is 449 g/mol. The van der Waals surface area contributed by atoms with Crippen molar-refractivity contribution >= 4 is 23.3 Å². The molecule has 0 aliphatic heterocycles. The number of nitrogens with one attached hydrogen (secondary N) is 2. The molecule has 2 heterocycles. The van der Waals surface area contributed by atoms with Crippen molar-refractivity contribution in [3.63, 3.8) is 0 Å². The molecule has 162 valence electrons. The Morgan fingerprint density at radius 3 is 2.66 bits per heavy atom. The third kappa shape index (κ3) is 4.09. The molecular formula is C23H20ClN5O3. The van der Waals surface area contributed by atoms with Gasteiger partial charge >= 0.3 is 0 Å². The maximum Gasteiger partial charge on any atom is 0.293 e. The summed E-state index contributed by atoms with van der Waals surface area (Å²) in [6, 6.07) is 16.4. The summed E-state index contributed by atoms with van der Waals surface area (Å²) in [5.41, 5.74) is 1.02. The number of ether oxygens (including phenoxy) is 1. The van der Waals surface area contributed by atoms with Crippen LogP contribution >= 0.6 is 11.6 Å². The summed E-state index contributed by atoms with van der Waals surface area (Å²) in [6.45, 7) is 0.585. The molecule has 2 aromatic heterocycles. The molecule has 1 amide bonds. The maximum atomic E-state index is 12.7. The highest BCUT2D eigenvalue weighted by atomic mass is 35.5. The van der Waals surface area contributed by atoms with Crippen LogP contribution in [0, 0.1) is 5.92 Å². The van der Waals surface area contributed by atoms with Crippen LogP contribution in [0.2, 0.25) is 5.02 Å². The average Bonchev–Trinajstić information content (AvgIpc) is 3.56. The zero-order valence-electron chi connectivity index (χ0n) is 17.0. The predicted octanol–water partition coefficient (Wildman–Crippen LogP) is 3.46. The lowest BCUT2D eigenvalue weighted by atomic mass is 10.2. The SMILES string of the molecule is O=C(NCC1CC1)c1ccccc1OCc1nc2nc(-c3ccccc3)[nH]n2c(=O)c1Cl. The van der Waals surface area contributed by atoms with E-state index in [-0.39, 0.29) is 29.0 Å². The molecule has 32 heavy (non-hydrogen) atoms. The van der Waals surface area contributed by atoms with E-state index >= 15 is 0 Å². The fourth-order valence-corrected chi connectivity index (χ4v) is 3.52. The van der Waals surface area contributed by atoms with Crippen LogP contribution in [0.1, 0.15) is 28.9 Å². The highest BCUT2D eigenvalue weighted by molar-refractivity contribution is 6.31. The number of aromatic nitrogens is 4. The highest BCUT2D eigenvalue weighted by Crippen LogP contribution is 2.28. The van der Waals surface area contributed by atoms with Crippen LogP contribution in [-0.4, -0.2) is 32.0 Å². The molecular weight excluding hydrogens is 430 g/mol. The number of amides is 1. The van der Waals surface area contributed by atoms with Crippen LogP contribution in [0.15, 0.2) is 59.4 Å². The molecule has 2 N–H and O–H groups in total. The van der Waals surface area contributed by atoms with E-state index in [9.17, 15) is 9.59 Å². The Labute approximate surface area is 188 Å². The lowest BCUT2D eigenvalue weighted by Gasteiger charge is -2.12. The Balaban J connectivity index is 1.39. The van der Waals surface area contributed by atoms with Gasteiger partial charge in [-0.05, 0) is 30.9 Å². The van der Waals surface area contributed by atoms with E-state index in [0.29, 0.717) is 29.6 Å². The van der Waals surface area contributed by atoms with Gasteiger partial charge in [0, 0.05) is 12.1 Å². The first-order valence-electron chi connectivity index (χ1n) is 10.3. The molecule has 8 nitrogen and oxygen atoms in total. The number of nitrogens with zero attached hydrogens (tertiary/aromatic N) is 3. The number of hydrogen-bond acceptors (Lipinski definition) is 5. The van der Waals surface area contributed by atoms with Gasteiger partial charge in [-0.15, -0.1) is 0 Å². The number of halogens is 1. The molecule has 0 spiro atoms. The van der Waals surface area contributed by atoms with Crippen LogP contribution in [0.5, 0.6) is 5.75 Å². The number of hydrogen-bond donors (Lipinski definition) is 2.